The van der Waals surface area contributed by atoms with Gasteiger partial charge in [-0.25, -0.2) is 0 Å². The summed E-state index contributed by atoms with van der Waals surface area (Å²) in [6, 6.07) is 15.0. The van der Waals surface area contributed by atoms with Gasteiger partial charge in [0.05, 0.1) is 31.5 Å². The number of aliphatic hydroxyl groups is 1. The number of aliphatic hydroxyl groups excluding tert-OH is 1. The Hall–Kier alpha value is -2.54. The number of aryl methyl sites for hydroxylation is 1. The van der Waals surface area contributed by atoms with Crippen LogP contribution in [0.1, 0.15) is 61.0 Å². The van der Waals surface area contributed by atoms with Crippen molar-refractivity contribution in [2.75, 3.05) is 13.2 Å². The molecule has 0 radical (unpaired) electrons. The second-order valence-electron chi connectivity index (χ2n) is 8.39. The lowest BCUT2D eigenvalue weighted by atomic mass is 9.91. The standard InChI is InChI=1S/C25H32O4.2CH2O/c1-3-22-14-21(26)15-25(29-22)19-7-4-17(2)20(13-19)12-18-5-8-23(9-6-18)28-24-10-11-27-16-24;2*1-2/h4-9,13,21-22,24-26H,3,10-12,14-16H2,1-2H3;2*1H2/t21-,22+,24-,25+;;/m0../s1. The third-order valence-electron chi connectivity index (χ3n) is 6.09. The molecule has 2 fully saturated rings. The van der Waals surface area contributed by atoms with E-state index in [1.807, 2.05) is 13.6 Å². The van der Waals surface area contributed by atoms with Gasteiger partial charge >= 0.3 is 0 Å². The lowest BCUT2D eigenvalue weighted by Gasteiger charge is -2.33. The molecule has 0 saturated carbocycles. The van der Waals surface area contributed by atoms with Crippen molar-refractivity contribution in [1.29, 1.82) is 0 Å². The fraction of sp³-hybridized carbons (Fsp3) is 0.481. The summed E-state index contributed by atoms with van der Waals surface area (Å²) < 4.78 is 17.6. The second-order valence-corrected chi connectivity index (χ2v) is 8.39. The largest absolute Gasteiger partial charge is 0.488 e. The van der Waals surface area contributed by atoms with E-state index in [4.69, 9.17) is 23.8 Å². The lowest BCUT2D eigenvalue weighted by molar-refractivity contribution is -0.0987. The maximum absolute atomic E-state index is 10.2. The Morgan fingerprint density at radius 2 is 1.79 bits per heavy atom. The Balaban J connectivity index is 0.000000914. The van der Waals surface area contributed by atoms with Gasteiger partial charge in [0.1, 0.15) is 25.4 Å². The fourth-order valence-electron chi connectivity index (χ4n) is 4.25. The van der Waals surface area contributed by atoms with E-state index in [9.17, 15) is 5.11 Å². The van der Waals surface area contributed by atoms with Crippen LogP contribution < -0.4 is 4.74 Å². The molecule has 0 aliphatic carbocycles. The van der Waals surface area contributed by atoms with Crippen LogP contribution in [-0.2, 0) is 25.5 Å². The van der Waals surface area contributed by atoms with E-state index in [1.54, 1.807) is 0 Å². The number of hydrogen-bond donors (Lipinski definition) is 1. The number of hydrogen-bond acceptors (Lipinski definition) is 6. The van der Waals surface area contributed by atoms with E-state index in [0.717, 1.165) is 38.0 Å². The first kappa shape index (κ1) is 26.7. The highest BCUT2D eigenvalue weighted by molar-refractivity contribution is 5.38. The van der Waals surface area contributed by atoms with Gasteiger partial charge in [0.2, 0.25) is 0 Å². The van der Waals surface area contributed by atoms with E-state index in [2.05, 4.69) is 56.3 Å². The van der Waals surface area contributed by atoms with E-state index in [1.165, 1.54) is 22.3 Å². The highest BCUT2D eigenvalue weighted by Gasteiger charge is 2.28. The summed E-state index contributed by atoms with van der Waals surface area (Å²) in [6.45, 7) is 9.75. The normalized spacial score (nSPS) is 24.1. The number of ether oxygens (including phenoxy) is 3. The first-order valence-electron chi connectivity index (χ1n) is 11.4. The number of benzene rings is 2. The summed E-state index contributed by atoms with van der Waals surface area (Å²) in [7, 11) is 0. The van der Waals surface area contributed by atoms with Gasteiger partial charge in [0.25, 0.3) is 0 Å². The third kappa shape index (κ3) is 7.77. The molecule has 4 atom stereocenters. The predicted molar refractivity (Wildman–Crippen MR) is 128 cm³/mol. The van der Waals surface area contributed by atoms with Crippen molar-refractivity contribution in [3.63, 3.8) is 0 Å². The van der Waals surface area contributed by atoms with Crippen LogP contribution in [0.5, 0.6) is 5.75 Å². The van der Waals surface area contributed by atoms with Crippen molar-refractivity contribution >= 4 is 13.6 Å². The summed E-state index contributed by atoms with van der Waals surface area (Å²) in [4.78, 5) is 16.0. The van der Waals surface area contributed by atoms with Crippen LogP contribution in [0.25, 0.3) is 0 Å². The molecule has 0 unspecified atom stereocenters. The maximum atomic E-state index is 10.2. The Morgan fingerprint density at radius 1 is 1.06 bits per heavy atom. The molecule has 0 amide bonds. The Labute approximate surface area is 196 Å². The topological polar surface area (TPSA) is 82.1 Å². The maximum Gasteiger partial charge on any atom is 0.124 e. The first-order valence-corrected chi connectivity index (χ1v) is 11.4. The molecule has 2 heterocycles. The molecule has 2 aliphatic heterocycles. The molecule has 33 heavy (non-hydrogen) atoms. The van der Waals surface area contributed by atoms with Crippen LogP contribution in [0.3, 0.4) is 0 Å². The molecule has 4 rings (SSSR count). The summed E-state index contributed by atoms with van der Waals surface area (Å²) in [6.07, 6.45) is 4.22. The van der Waals surface area contributed by atoms with Gasteiger partial charge in [-0.15, -0.1) is 0 Å². The molecule has 2 aliphatic rings. The van der Waals surface area contributed by atoms with E-state index in [0.29, 0.717) is 13.0 Å². The smallest absolute Gasteiger partial charge is 0.124 e. The second kappa shape index (κ2) is 13.9. The van der Waals surface area contributed by atoms with E-state index >= 15 is 0 Å². The predicted octanol–water partition coefficient (Wildman–Crippen LogP) is 4.37. The summed E-state index contributed by atoms with van der Waals surface area (Å²) >= 11 is 0. The first-order chi connectivity index (χ1) is 16.1. The molecular formula is C27H36O6. The van der Waals surface area contributed by atoms with Crippen molar-refractivity contribution in [3.05, 3.63) is 64.7 Å². The average Bonchev–Trinajstić information content (AvgIpc) is 3.37. The molecule has 2 aromatic carbocycles. The molecule has 2 aromatic rings. The van der Waals surface area contributed by atoms with Gasteiger partial charge in [-0.05, 0) is 60.6 Å². The molecule has 2 saturated heterocycles. The molecule has 0 aromatic heterocycles. The third-order valence-corrected chi connectivity index (χ3v) is 6.09. The van der Waals surface area contributed by atoms with Crippen LogP contribution in [0.2, 0.25) is 0 Å². The fourth-order valence-corrected chi connectivity index (χ4v) is 4.25. The molecule has 180 valence electrons. The zero-order valence-corrected chi connectivity index (χ0v) is 19.7. The average molecular weight is 457 g/mol. The van der Waals surface area contributed by atoms with Crippen LogP contribution in [0.4, 0.5) is 0 Å². The quantitative estimate of drug-likeness (QED) is 0.695. The number of carbonyl (C=O) groups excluding carboxylic acids is 2. The number of carbonyl (C=O) groups is 2. The minimum Gasteiger partial charge on any atom is -0.488 e. The minimum atomic E-state index is -0.277. The Kier molecular flexibility index (Phi) is 11.2. The van der Waals surface area contributed by atoms with Crippen LogP contribution in [0, 0.1) is 6.92 Å². The molecule has 6 nitrogen and oxygen atoms in total. The van der Waals surface area contributed by atoms with E-state index < -0.39 is 0 Å². The molecular weight excluding hydrogens is 420 g/mol. The van der Waals surface area contributed by atoms with Crippen LogP contribution in [-0.4, -0.2) is 50.2 Å². The van der Waals surface area contributed by atoms with Crippen molar-refractivity contribution in [1.82, 2.24) is 0 Å². The lowest BCUT2D eigenvalue weighted by Crippen LogP contribution is -2.30. The zero-order valence-electron chi connectivity index (χ0n) is 19.7. The van der Waals surface area contributed by atoms with Crippen molar-refractivity contribution in [2.24, 2.45) is 0 Å². The Morgan fingerprint density at radius 3 is 2.42 bits per heavy atom. The zero-order chi connectivity index (χ0) is 24.2. The minimum absolute atomic E-state index is 0.0209. The van der Waals surface area contributed by atoms with Crippen molar-refractivity contribution < 1.29 is 28.9 Å². The molecule has 0 bridgehead atoms. The van der Waals surface area contributed by atoms with E-state index in [-0.39, 0.29) is 24.4 Å². The van der Waals surface area contributed by atoms with Gasteiger partial charge in [0, 0.05) is 12.8 Å². The highest BCUT2D eigenvalue weighted by atomic mass is 16.5. The van der Waals surface area contributed by atoms with Gasteiger partial charge in [-0.1, -0.05) is 37.3 Å². The van der Waals surface area contributed by atoms with Gasteiger partial charge in [0.15, 0.2) is 0 Å². The highest BCUT2D eigenvalue weighted by Crippen LogP contribution is 2.34. The van der Waals surface area contributed by atoms with Crippen LogP contribution in [0.15, 0.2) is 42.5 Å². The van der Waals surface area contributed by atoms with Crippen molar-refractivity contribution in [2.45, 2.75) is 70.4 Å². The Bertz CT molecular complexity index is 829. The van der Waals surface area contributed by atoms with Gasteiger partial charge in [-0.2, -0.15) is 0 Å². The van der Waals surface area contributed by atoms with Crippen LogP contribution >= 0.6 is 0 Å². The SMILES string of the molecule is C=O.C=O.CC[C@@H]1C[C@H](O)C[C@H](c2ccc(C)c(Cc3ccc(O[C@H]4CCOC4)cc3)c2)O1. The summed E-state index contributed by atoms with van der Waals surface area (Å²) in [5.74, 6) is 0.907. The molecule has 1 N–H and O–H groups in total. The van der Waals surface area contributed by atoms with Gasteiger partial charge < -0.3 is 28.9 Å². The molecule has 6 heteroatoms. The summed E-state index contributed by atoms with van der Waals surface area (Å²) in [5.41, 5.74) is 5.01. The van der Waals surface area contributed by atoms with Gasteiger partial charge in [-0.3, -0.25) is 0 Å². The monoisotopic (exact) mass is 456 g/mol. The molecule has 0 spiro atoms. The summed E-state index contributed by atoms with van der Waals surface area (Å²) in [5, 5.41) is 10.2. The van der Waals surface area contributed by atoms with Crippen molar-refractivity contribution in [3.8, 4) is 5.75 Å². The number of rotatable bonds is 6.